The van der Waals surface area contributed by atoms with Crippen LogP contribution in [-0.4, -0.2) is 16.4 Å². The van der Waals surface area contributed by atoms with Gasteiger partial charge in [-0.1, -0.05) is 18.2 Å². The summed E-state index contributed by atoms with van der Waals surface area (Å²) >= 11 is 0. The highest BCUT2D eigenvalue weighted by Gasteiger charge is 2.28. The summed E-state index contributed by atoms with van der Waals surface area (Å²) in [6.07, 6.45) is 4.80. The van der Waals surface area contributed by atoms with Gasteiger partial charge in [-0.25, -0.2) is 0 Å². The van der Waals surface area contributed by atoms with E-state index in [1.165, 1.54) is 5.56 Å². The Balaban J connectivity index is 1.83. The minimum absolute atomic E-state index is 0.0575. The summed E-state index contributed by atoms with van der Waals surface area (Å²) in [7, 11) is 1.91. The maximum Gasteiger partial charge on any atom is 0.122 e. The lowest BCUT2D eigenvalue weighted by atomic mass is 9.88. The lowest BCUT2D eigenvalue weighted by molar-refractivity contribution is 0.185. The van der Waals surface area contributed by atoms with E-state index in [4.69, 9.17) is 10.6 Å². The third kappa shape index (κ3) is 2.34. The van der Waals surface area contributed by atoms with E-state index in [-0.39, 0.29) is 6.04 Å². The third-order valence-electron chi connectivity index (χ3n) is 3.64. The van der Waals surface area contributed by atoms with Crippen LogP contribution in [0, 0.1) is 5.92 Å². The van der Waals surface area contributed by atoms with Gasteiger partial charge in [0.15, 0.2) is 0 Å². The van der Waals surface area contributed by atoms with Gasteiger partial charge in [0.25, 0.3) is 0 Å². The summed E-state index contributed by atoms with van der Waals surface area (Å²) in [6, 6.07) is 8.22. The van der Waals surface area contributed by atoms with Crippen LogP contribution >= 0.6 is 0 Å². The first-order valence-corrected chi connectivity index (χ1v) is 6.43. The summed E-state index contributed by atoms with van der Waals surface area (Å²) in [5.74, 6) is 7.02. The molecule has 19 heavy (non-hydrogen) atoms. The van der Waals surface area contributed by atoms with Crippen molar-refractivity contribution in [3.05, 3.63) is 47.8 Å². The van der Waals surface area contributed by atoms with Gasteiger partial charge in [-0.3, -0.25) is 16.0 Å². The van der Waals surface area contributed by atoms with Gasteiger partial charge in [-0.2, -0.15) is 5.10 Å². The van der Waals surface area contributed by atoms with Crippen molar-refractivity contribution in [2.75, 3.05) is 6.61 Å². The molecule has 5 heteroatoms. The fourth-order valence-corrected chi connectivity index (χ4v) is 2.67. The Morgan fingerprint density at radius 3 is 3.05 bits per heavy atom. The fourth-order valence-electron chi connectivity index (χ4n) is 2.67. The summed E-state index contributed by atoms with van der Waals surface area (Å²) < 4.78 is 7.61. The van der Waals surface area contributed by atoms with Crippen LogP contribution < -0.4 is 16.0 Å². The van der Waals surface area contributed by atoms with Crippen LogP contribution in [0.15, 0.2) is 36.7 Å². The first-order chi connectivity index (χ1) is 9.28. The Bertz CT molecular complexity index is 566. The lowest BCUT2D eigenvalue weighted by Gasteiger charge is -2.30. The summed E-state index contributed by atoms with van der Waals surface area (Å²) in [6.45, 7) is 0.667. The molecule has 1 aliphatic heterocycles. The smallest absolute Gasteiger partial charge is 0.122 e. The van der Waals surface area contributed by atoms with Crippen molar-refractivity contribution in [2.45, 2.75) is 12.5 Å². The number of benzene rings is 1. The number of nitrogens with one attached hydrogen (secondary N) is 1. The SMILES string of the molecule is Cn1cc(C(NN)C2COc3ccccc3C2)cn1. The highest BCUT2D eigenvalue weighted by atomic mass is 16.5. The second-order valence-corrected chi connectivity index (χ2v) is 4.97. The molecule has 0 amide bonds. The second-order valence-electron chi connectivity index (χ2n) is 4.97. The highest BCUT2D eigenvalue weighted by Crippen LogP contribution is 2.32. The zero-order valence-electron chi connectivity index (χ0n) is 10.9. The normalized spacial score (nSPS) is 19.6. The highest BCUT2D eigenvalue weighted by molar-refractivity contribution is 5.35. The molecule has 3 rings (SSSR count). The molecule has 1 aromatic carbocycles. The number of aryl methyl sites for hydroxylation is 1. The molecule has 0 aliphatic carbocycles. The average Bonchev–Trinajstić information content (AvgIpc) is 2.86. The zero-order valence-corrected chi connectivity index (χ0v) is 10.9. The van der Waals surface area contributed by atoms with Crippen LogP contribution in [0.1, 0.15) is 17.2 Å². The van der Waals surface area contributed by atoms with E-state index in [9.17, 15) is 0 Å². The molecule has 2 atom stereocenters. The van der Waals surface area contributed by atoms with E-state index in [0.717, 1.165) is 17.7 Å². The van der Waals surface area contributed by atoms with E-state index in [1.807, 2.05) is 37.6 Å². The van der Waals surface area contributed by atoms with Crippen molar-refractivity contribution in [3.8, 4) is 5.75 Å². The molecule has 5 nitrogen and oxygen atoms in total. The first-order valence-electron chi connectivity index (χ1n) is 6.43. The second kappa shape index (κ2) is 5.03. The fraction of sp³-hybridized carbons (Fsp3) is 0.357. The largest absolute Gasteiger partial charge is 0.493 e. The number of aromatic nitrogens is 2. The first kappa shape index (κ1) is 12.2. The molecule has 1 aliphatic rings. The average molecular weight is 258 g/mol. The number of ether oxygens (including phenoxy) is 1. The monoisotopic (exact) mass is 258 g/mol. The number of rotatable bonds is 3. The molecular weight excluding hydrogens is 240 g/mol. The van der Waals surface area contributed by atoms with Crippen molar-refractivity contribution in [2.24, 2.45) is 18.8 Å². The predicted octanol–water partition coefficient (Wildman–Crippen LogP) is 1.18. The zero-order chi connectivity index (χ0) is 13.2. The number of fused-ring (bicyclic) bond motifs is 1. The van der Waals surface area contributed by atoms with Gasteiger partial charge in [0.05, 0.1) is 18.8 Å². The number of para-hydroxylation sites is 1. The number of nitrogens with zero attached hydrogens (tertiary/aromatic N) is 2. The molecule has 100 valence electrons. The van der Waals surface area contributed by atoms with Crippen LogP contribution in [0.2, 0.25) is 0 Å². The maximum absolute atomic E-state index is 5.82. The Hall–Kier alpha value is -1.85. The minimum atomic E-state index is 0.0575. The van der Waals surface area contributed by atoms with Gasteiger partial charge >= 0.3 is 0 Å². The molecule has 0 radical (unpaired) electrons. The van der Waals surface area contributed by atoms with E-state index in [1.54, 1.807) is 4.68 Å². The molecule has 0 saturated carbocycles. The van der Waals surface area contributed by atoms with Gasteiger partial charge in [0, 0.05) is 24.7 Å². The van der Waals surface area contributed by atoms with Crippen LogP contribution in [0.25, 0.3) is 0 Å². The Morgan fingerprint density at radius 2 is 2.32 bits per heavy atom. The van der Waals surface area contributed by atoms with E-state index >= 15 is 0 Å². The quantitative estimate of drug-likeness (QED) is 0.641. The molecular formula is C14H18N4O. The van der Waals surface area contributed by atoms with Crippen molar-refractivity contribution in [1.29, 1.82) is 0 Å². The molecule has 1 aromatic heterocycles. The molecule has 0 bridgehead atoms. The van der Waals surface area contributed by atoms with Gasteiger partial charge in [0.2, 0.25) is 0 Å². The number of hydrazine groups is 1. The van der Waals surface area contributed by atoms with Gasteiger partial charge in [-0.15, -0.1) is 0 Å². The maximum atomic E-state index is 5.82. The predicted molar refractivity (Wildman–Crippen MR) is 72.4 cm³/mol. The van der Waals surface area contributed by atoms with E-state index in [0.29, 0.717) is 12.5 Å². The number of hydrogen-bond acceptors (Lipinski definition) is 4. The summed E-state index contributed by atoms with van der Waals surface area (Å²) in [4.78, 5) is 0. The Kier molecular flexibility index (Phi) is 3.23. The molecule has 0 fully saturated rings. The van der Waals surface area contributed by atoms with Crippen molar-refractivity contribution >= 4 is 0 Å². The summed E-state index contributed by atoms with van der Waals surface area (Å²) in [5, 5.41) is 4.20. The number of hydrogen-bond donors (Lipinski definition) is 2. The molecule has 0 spiro atoms. The van der Waals surface area contributed by atoms with E-state index < -0.39 is 0 Å². The topological polar surface area (TPSA) is 65.1 Å². The lowest BCUT2D eigenvalue weighted by Crippen LogP contribution is -2.38. The molecule has 0 saturated heterocycles. The standard InChI is InChI=1S/C14H18N4O/c1-18-8-12(7-16-18)14(17-15)11-6-10-4-2-3-5-13(10)19-9-11/h2-5,7-8,11,14,17H,6,9,15H2,1H3. The third-order valence-corrected chi connectivity index (χ3v) is 3.64. The molecule has 2 heterocycles. The van der Waals surface area contributed by atoms with Gasteiger partial charge < -0.3 is 4.74 Å². The molecule has 3 N–H and O–H groups in total. The molecule has 2 unspecified atom stereocenters. The minimum Gasteiger partial charge on any atom is -0.493 e. The Morgan fingerprint density at radius 1 is 1.47 bits per heavy atom. The van der Waals surface area contributed by atoms with Crippen LogP contribution in [0.4, 0.5) is 0 Å². The van der Waals surface area contributed by atoms with Gasteiger partial charge in [0.1, 0.15) is 5.75 Å². The van der Waals surface area contributed by atoms with Crippen LogP contribution in [-0.2, 0) is 13.5 Å². The van der Waals surface area contributed by atoms with E-state index in [2.05, 4.69) is 16.6 Å². The Labute approximate surface area is 112 Å². The number of nitrogens with two attached hydrogens (primary N) is 1. The van der Waals surface area contributed by atoms with Crippen LogP contribution in [0.5, 0.6) is 5.75 Å². The van der Waals surface area contributed by atoms with Crippen LogP contribution in [0.3, 0.4) is 0 Å². The van der Waals surface area contributed by atoms with Crippen molar-refractivity contribution in [1.82, 2.24) is 15.2 Å². The van der Waals surface area contributed by atoms with Crippen molar-refractivity contribution < 1.29 is 4.74 Å². The summed E-state index contributed by atoms with van der Waals surface area (Å²) in [5.41, 5.74) is 5.23. The molecule has 2 aromatic rings. The van der Waals surface area contributed by atoms with Gasteiger partial charge in [-0.05, 0) is 18.1 Å². The van der Waals surface area contributed by atoms with Crippen molar-refractivity contribution in [3.63, 3.8) is 0 Å².